The maximum Gasteiger partial charge on any atom is 0.471 e. The van der Waals surface area contributed by atoms with Crippen molar-refractivity contribution < 1.29 is 22.4 Å². The Labute approximate surface area is 103 Å². The first kappa shape index (κ1) is 14.0. The summed E-state index contributed by atoms with van der Waals surface area (Å²) in [5.74, 6) is -2.66. The predicted octanol–water partition coefficient (Wildman–Crippen LogP) is 3.11. The molecule has 1 aromatic rings. The third-order valence-corrected chi connectivity index (χ3v) is 2.50. The lowest BCUT2D eigenvalue weighted by Crippen LogP contribution is -2.38. The normalized spacial score (nSPS) is 11.4. The van der Waals surface area contributed by atoms with Crippen molar-refractivity contribution in [2.24, 2.45) is 0 Å². The number of carbonyl (C=O) groups is 1. The summed E-state index contributed by atoms with van der Waals surface area (Å²) in [5, 5.41) is 0. The summed E-state index contributed by atoms with van der Waals surface area (Å²) in [6.07, 6.45) is -4.95. The molecule has 0 bridgehead atoms. The van der Waals surface area contributed by atoms with E-state index in [4.69, 9.17) is 0 Å². The lowest BCUT2D eigenvalue weighted by atomic mass is 10.2. The third kappa shape index (κ3) is 3.69. The molecular weight excluding hydrogens is 306 g/mol. The van der Waals surface area contributed by atoms with Crippen LogP contribution >= 0.6 is 15.9 Å². The monoisotopic (exact) mass is 313 g/mol. The Morgan fingerprint density at radius 2 is 2.00 bits per heavy atom. The van der Waals surface area contributed by atoms with Gasteiger partial charge in [-0.2, -0.15) is 13.2 Å². The first-order valence-electron chi connectivity index (χ1n) is 4.48. The molecule has 0 aromatic heterocycles. The van der Waals surface area contributed by atoms with E-state index in [0.717, 1.165) is 13.1 Å². The molecule has 0 aliphatic rings. The van der Waals surface area contributed by atoms with Gasteiger partial charge < -0.3 is 4.90 Å². The lowest BCUT2D eigenvalue weighted by Gasteiger charge is -2.19. The van der Waals surface area contributed by atoms with Crippen LogP contribution in [-0.2, 0) is 11.3 Å². The second-order valence-electron chi connectivity index (χ2n) is 3.39. The van der Waals surface area contributed by atoms with Gasteiger partial charge in [0.25, 0.3) is 0 Å². The standard InChI is InChI=1S/C10H8BrF4NO/c1-16(9(17)10(13,14)15)5-6-4-7(11)2-3-8(6)12/h2-4H,5H2,1H3. The number of rotatable bonds is 2. The molecule has 0 aliphatic carbocycles. The van der Waals surface area contributed by atoms with E-state index >= 15 is 0 Å². The summed E-state index contributed by atoms with van der Waals surface area (Å²) < 4.78 is 50.0. The number of halogens is 5. The van der Waals surface area contributed by atoms with Crippen LogP contribution in [0, 0.1) is 5.82 Å². The Morgan fingerprint density at radius 1 is 1.41 bits per heavy atom. The number of alkyl halides is 3. The van der Waals surface area contributed by atoms with Crippen molar-refractivity contribution in [3.8, 4) is 0 Å². The fourth-order valence-corrected chi connectivity index (χ4v) is 1.62. The minimum Gasteiger partial charge on any atom is -0.334 e. The van der Waals surface area contributed by atoms with Gasteiger partial charge in [0, 0.05) is 23.6 Å². The largest absolute Gasteiger partial charge is 0.471 e. The first-order chi connectivity index (χ1) is 7.71. The van der Waals surface area contributed by atoms with E-state index in [-0.39, 0.29) is 5.56 Å². The van der Waals surface area contributed by atoms with Crippen LogP contribution in [0.2, 0.25) is 0 Å². The average molecular weight is 314 g/mol. The molecule has 17 heavy (non-hydrogen) atoms. The summed E-state index contributed by atoms with van der Waals surface area (Å²) in [6, 6.07) is 3.87. The van der Waals surface area contributed by atoms with Gasteiger partial charge in [-0.3, -0.25) is 4.79 Å². The van der Waals surface area contributed by atoms with Crippen LogP contribution in [-0.4, -0.2) is 24.0 Å². The topological polar surface area (TPSA) is 20.3 Å². The Bertz CT molecular complexity index is 433. The predicted molar refractivity (Wildman–Crippen MR) is 56.6 cm³/mol. The second kappa shape index (κ2) is 5.03. The molecule has 0 fully saturated rings. The molecule has 0 saturated heterocycles. The van der Waals surface area contributed by atoms with Gasteiger partial charge in [0.1, 0.15) is 5.82 Å². The molecule has 0 saturated carbocycles. The van der Waals surface area contributed by atoms with Gasteiger partial charge >= 0.3 is 12.1 Å². The molecule has 0 N–H and O–H groups in total. The summed E-state index contributed by atoms with van der Waals surface area (Å²) in [6.45, 7) is -0.441. The van der Waals surface area contributed by atoms with E-state index in [9.17, 15) is 22.4 Å². The molecule has 0 unspecified atom stereocenters. The van der Waals surface area contributed by atoms with Crippen LogP contribution in [0.1, 0.15) is 5.56 Å². The van der Waals surface area contributed by atoms with Gasteiger partial charge in [-0.1, -0.05) is 15.9 Å². The molecule has 1 rings (SSSR count). The van der Waals surface area contributed by atoms with Crippen LogP contribution in [0.4, 0.5) is 17.6 Å². The smallest absolute Gasteiger partial charge is 0.334 e. The maximum absolute atomic E-state index is 13.2. The van der Waals surface area contributed by atoms with Gasteiger partial charge in [0.05, 0.1) is 0 Å². The van der Waals surface area contributed by atoms with Crippen LogP contribution in [0.25, 0.3) is 0 Å². The summed E-state index contributed by atoms with van der Waals surface area (Å²) in [5.41, 5.74) is 0.0134. The Morgan fingerprint density at radius 3 is 2.53 bits per heavy atom. The average Bonchev–Trinajstić information content (AvgIpc) is 2.21. The van der Waals surface area contributed by atoms with Crippen molar-refractivity contribution in [2.45, 2.75) is 12.7 Å². The SMILES string of the molecule is CN(Cc1cc(Br)ccc1F)C(=O)C(F)(F)F. The van der Waals surface area contributed by atoms with Crippen LogP contribution < -0.4 is 0 Å². The number of carbonyl (C=O) groups excluding carboxylic acids is 1. The first-order valence-corrected chi connectivity index (χ1v) is 5.27. The van der Waals surface area contributed by atoms with Crippen LogP contribution in [0.15, 0.2) is 22.7 Å². The highest BCUT2D eigenvalue weighted by atomic mass is 79.9. The van der Waals surface area contributed by atoms with Gasteiger partial charge in [-0.15, -0.1) is 0 Å². The Hall–Kier alpha value is -1.11. The zero-order valence-electron chi connectivity index (χ0n) is 8.68. The molecule has 1 aromatic carbocycles. The highest BCUT2D eigenvalue weighted by molar-refractivity contribution is 9.10. The van der Waals surface area contributed by atoms with Crippen LogP contribution in [0.3, 0.4) is 0 Å². The number of benzene rings is 1. The Kier molecular flexibility index (Phi) is 4.13. The van der Waals surface area contributed by atoms with Crippen molar-refractivity contribution in [3.05, 3.63) is 34.1 Å². The van der Waals surface area contributed by atoms with Crippen molar-refractivity contribution >= 4 is 21.8 Å². The van der Waals surface area contributed by atoms with E-state index in [0.29, 0.717) is 9.37 Å². The summed E-state index contributed by atoms with van der Waals surface area (Å²) >= 11 is 3.07. The molecular formula is C10H8BrF4NO. The number of amides is 1. The van der Waals surface area contributed by atoms with E-state index in [1.807, 2.05) is 0 Å². The highest BCUT2D eigenvalue weighted by Gasteiger charge is 2.41. The molecule has 2 nitrogen and oxygen atoms in total. The third-order valence-electron chi connectivity index (χ3n) is 2.00. The molecule has 0 spiro atoms. The molecule has 0 heterocycles. The molecule has 0 aliphatic heterocycles. The minimum atomic E-state index is -4.95. The van der Waals surface area contributed by atoms with E-state index in [2.05, 4.69) is 15.9 Å². The fraction of sp³-hybridized carbons (Fsp3) is 0.300. The maximum atomic E-state index is 13.2. The van der Waals surface area contributed by atoms with Crippen molar-refractivity contribution in [3.63, 3.8) is 0 Å². The number of hydrogen-bond donors (Lipinski definition) is 0. The van der Waals surface area contributed by atoms with E-state index in [1.54, 1.807) is 0 Å². The number of nitrogens with zero attached hydrogens (tertiary/aromatic N) is 1. The van der Waals surface area contributed by atoms with Crippen molar-refractivity contribution in [1.29, 1.82) is 0 Å². The second-order valence-corrected chi connectivity index (χ2v) is 4.31. The molecule has 0 atom stereocenters. The van der Waals surface area contributed by atoms with E-state index in [1.165, 1.54) is 12.1 Å². The Balaban J connectivity index is 2.85. The van der Waals surface area contributed by atoms with Crippen LogP contribution in [0.5, 0.6) is 0 Å². The molecule has 1 amide bonds. The lowest BCUT2D eigenvalue weighted by molar-refractivity contribution is -0.184. The van der Waals surface area contributed by atoms with Gasteiger partial charge in [0.15, 0.2) is 0 Å². The zero-order valence-corrected chi connectivity index (χ0v) is 10.3. The molecule has 0 radical (unpaired) electrons. The quantitative estimate of drug-likeness (QED) is 0.768. The summed E-state index contributed by atoms with van der Waals surface area (Å²) in [4.78, 5) is 11.3. The molecule has 94 valence electrons. The van der Waals surface area contributed by atoms with Gasteiger partial charge in [-0.05, 0) is 18.2 Å². The van der Waals surface area contributed by atoms with Crippen molar-refractivity contribution in [1.82, 2.24) is 4.90 Å². The highest BCUT2D eigenvalue weighted by Crippen LogP contribution is 2.21. The fourth-order valence-electron chi connectivity index (χ4n) is 1.21. The molecule has 7 heteroatoms. The van der Waals surface area contributed by atoms with Crippen molar-refractivity contribution in [2.75, 3.05) is 7.05 Å². The van der Waals surface area contributed by atoms with Gasteiger partial charge in [-0.25, -0.2) is 4.39 Å². The van der Waals surface area contributed by atoms with E-state index < -0.39 is 24.4 Å². The zero-order chi connectivity index (χ0) is 13.2. The summed E-state index contributed by atoms with van der Waals surface area (Å²) in [7, 11) is 0.968. The number of hydrogen-bond acceptors (Lipinski definition) is 1. The minimum absolute atomic E-state index is 0.0134. The van der Waals surface area contributed by atoms with Gasteiger partial charge in [0.2, 0.25) is 0 Å².